The van der Waals surface area contributed by atoms with E-state index in [2.05, 4.69) is 10.4 Å². The smallest absolute Gasteiger partial charge is 0.251 e. The van der Waals surface area contributed by atoms with E-state index in [9.17, 15) is 4.79 Å². The Morgan fingerprint density at radius 2 is 2.21 bits per heavy atom. The molecule has 2 heterocycles. The monoisotopic (exact) mass is 256 g/mol. The summed E-state index contributed by atoms with van der Waals surface area (Å²) in [7, 11) is 0. The van der Waals surface area contributed by atoms with Crippen molar-refractivity contribution < 1.29 is 0 Å². The lowest BCUT2D eigenvalue weighted by atomic mass is 10.2. The molecule has 0 saturated carbocycles. The average Bonchev–Trinajstić information content (AvgIpc) is 2.91. The Labute approximate surface area is 111 Å². The van der Waals surface area contributed by atoms with Crippen LogP contribution in [0.15, 0.2) is 35.3 Å². The highest BCUT2D eigenvalue weighted by molar-refractivity contribution is 5.41. The molecule has 0 radical (unpaired) electrons. The third-order valence-electron chi connectivity index (χ3n) is 3.55. The van der Waals surface area contributed by atoms with E-state index >= 15 is 0 Å². The minimum Gasteiger partial charge on any atom is -0.324 e. The first kappa shape index (κ1) is 11.9. The van der Waals surface area contributed by atoms with Crippen LogP contribution in [0.25, 0.3) is 0 Å². The molecule has 0 fully saturated rings. The molecular weight excluding hydrogens is 240 g/mol. The number of fused-ring (bicyclic) bond motifs is 1. The maximum atomic E-state index is 12.0. The summed E-state index contributed by atoms with van der Waals surface area (Å²) in [5.41, 5.74) is 6.69. The molecule has 0 atom stereocenters. The third kappa shape index (κ3) is 2.24. The van der Waals surface area contributed by atoms with Gasteiger partial charge in [0, 0.05) is 18.0 Å². The zero-order chi connectivity index (χ0) is 13.2. The molecule has 0 aromatic carbocycles. The molecule has 0 bridgehead atoms. The number of nitrogen functional groups attached to an aromatic ring is 1. The SMILES string of the molecule is NNc1ccnc(Cn2c3c(ccc2=O)CCC3)c1. The van der Waals surface area contributed by atoms with E-state index in [-0.39, 0.29) is 5.56 Å². The number of hydrazine groups is 1. The van der Waals surface area contributed by atoms with Crippen LogP contribution in [0.5, 0.6) is 0 Å². The molecule has 2 aromatic rings. The molecule has 3 rings (SSSR count). The molecule has 2 aromatic heterocycles. The van der Waals surface area contributed by atoms with Gasteiger partial charge in [0.25, 0.3) is 5.56 Å². The zero-order valence-corrected chi connectivity index (χ0v) is 10.6. The Morgan fingerprint density at radius 1 is 1.32 bits per heavy atom. The first-order valence-electron chi connectivity index (χ1n) is 6.41. The van der Waals surface area contributed by atoms with E-state index in [0.717, 1.165) is 36.3 Å². The lowest BCUT2D eigenvalue weighted by Gasteiger charge is -2.12. The number of rotatable bonds is 3. The van der Waals surface area contributed by atoms with Gasteiger partial charge in [0.15, 0.2) is 0 Å². The minimum atomic E-state index is 0.0357. The van der Waals surface area contributed by atoms with Gasteiger partial charge in [-0.05, 0) is 37.0 Å². The summed E-state index contributed by atoms with van der Waals surface area (Å²) in [6, 6.07) is 7.25. The van der Waals surface area contributed by atoms with E-state index in [4.69, 9.17) is 5.84 Å². The summed E-state index contributed by atoms with van der Waals surface area (Å²) in [6.07, 6.45) is 4.85. The van der Waals surface area contributed by atoms with Gasteiger partial charge in [-0.1, -0.05) is 6.07 Å². The summed E-state index contributed by atoms with van der Waals surface area (Å²) in [5.74, 6) is 5.39. The fourth-order valence-electron chi connectivity index (χ4n) is 2.62. The fraction of sp³-hybridized carbons (Fsp3) is 0.286. The molecule has 0 spiro atoms. The van der Waals surface area contributed by atoms with Crippen molar-refractivity contribution in [2.24, 2.45) is 5.84 Å². The topological polar surface area (TPSA) is 72.9 Å². The van der Waals surface area contributed by atoms with Crippen LogP contribution in [0.2, 0.25) is 0 Å². The molecule has 1 aliphatic carbocycles. The lowest BCUT2D eigenvalue weighted by Crippen LogP contribution is -2.23. The zero-order valence-electron chi connectivity index (χ0n) is 10.6. The van der Waals surface area contributed by atoms with E-state index < -0.39 is 0 Å². The van der Waals surface area contributed by atoms with Crippen LogP contribution in [0, 0.1) is 0 Å². The Hall–Kier alpha value is -2.14. The first-order valence-corrected chi connectivity index (χ1v) is 6.41. The number of aryl methyl sites for hydroxylation is 1. The molecule has 0 unspecified atom stereocenters. The Morgan fingerprint density at radius 3 is 3.05 bits per heavy atom. The van der Waals surface area contributed by atoms with Gasteiger partial charge >= 0.3 is 0 Å². The maximum Gasteiger partial charge on any atom is 0.251 e. The van der Waals surface area contributed by atoms with E-state index in [0.29, 0.717) is 6.54 Å². The maximum absolute atomic E-state index is 12.0. The fourth-order valence-corrected chi connectivity index (χ4v) is 2.62. The molecule has 1 aliphatic rings. The number of hydrogen-bond donors (Lipinski definition) is 2. The van der Waals surface area contributed by atoms with Crippen LogP contribution < -0.4 is 16.8 Å². The summed E-state index contributed by atoms with van der Waals surface area (Å²) >= 11 is 0. The van der Waals surface area contributed by atoms with Crippen molar-refractivity contribution in [3.63, 3.8) is 0 Å². The van der Waals surface area contributed by atoms with Crippen molar-refractivity contribution in [2.75, 3.05) is 5.43 Å². The van der Waals surface area contributed by atoms with Crippen molar-refractivity contribution in [1.29, 1.82) is 0 Å². The molecule has 98 valence electrons. The molecule has 0 amide bonds. The van der Waals surface area contributed by atoms with Crippen LogP contribution in [0.1, 0.15) is 23.4 Å². The molecule has 5 heteroatoms. The highest BCUT2D eigenvalue weighted by Crippen LogP contribution is 2.20. The second-order valence-electron chi connectivity index (χ2n) is 4.76. The van der Waals surface area contributed by atoms with E-state index in [1.165, 1.54) is 5.56 Å². The molecule has 0 saturated heterocycles. The van der Waals surface area contributed by atoms with Crippen molar-refractivity contribution >= 4 is 5.69 Å². The Balaban J connectivity index is 1.99. The number of hydrogen-bond acceptors (Lipinski definition) is 4. The van der Waals surface area contributed by atoms with Crippen molar-refractivity contribution in [3.05, 3.63) is 57.8 Å². The van der Waals surface area contributed by atoms with Gasteiger partial charge in [-0.2, -0.15) is 0 Å². The largest absolute Gasteiger partial charge is 0.324 e. The summed E-state index contributed by atoms with van der Waals surface area (Å²) in [4.78, 5) is 16.3. The third-order valence-corrected chi connectivity index (χ3v) is 3.55. The van der Waals surface area contributed by atoms with Gasteiger partial charge in [-0.25, -0.2) is 0 Å². The highest BCUT2D eigenvalue weighted by Gasteiger charge is 2.16. The van der Waals surface area contributed by atoms with E-state index in [1.54, 1.807) is 18.3 Å². The van der Waals surface area contributed by atoms with Crippen LogP contribution in [-0.4, -0.2) is 9.55 Å². The Bertz CT molecular complexity index is 663. The van der Waals surface area contributed by atoms with Crippen molar-refractivity contribution in [1.82, 2.24) is 9.55 Å². The molecule has 5 nitrogen and oxygen atoms in total. The van der Waals surface area contributed by atoms with Crippen LogP contribution in [0.4, 0.5) is 5.69 Å². The number of pyridine rings is 2. The number of nitrogens with one attached hydrogen (secondary N) is 1. The normalized spacial score (nSPS) is 13.3. The summed E-state index contributed by atoms with van der Waals surface area (Å²) in [5, 5.41) is 0. The summed E-state index contributed by atoms with van der Waals surface area (Å²) in [6.45, 7) is 0.498. The van der Waals surface area contributed by atoms with Gasteiger partial charge in [-0.3, -0.25) is 15.6 Å². The van der Waals surface area contributed by atoms with Gasteiger partial charge in [0.1, 0.15) is 0 Å². The van der Waals surface area contributed by atoms with Crippen molar-refractivity contribution in [2.45, 2.75) is 25.8 Å². The number of nitrogens with two attached hydrogens (primary N) is 1. The molecule has 3 N–H and O–H groups in total. The van der Waals surface area contributed by atoms with Gasteiger partial charge in [0.2, 0.25) is 0 Å². The number of aromatic nitrogens is 2. The standard InChI is InChI=1S/C14H16N4O/c15-17-11-6-7-16-12(8-11)9-18-13-3-1-2-10(13)4-5-14(18)19/h4-8H,1-3,9,15H2,(H,16,17). The first-order chi connectivity index (χ1) is 9.28. The lowest BCUT2D eigenvalue weighted by molar-refractivity contribution is 0.693. The van der Waals surface area contributed by atoms with Gasteiger partial charge < -0.3 is 9.99 Å². The Kier molecular flexibility index (Phi) is 3.05. The minimum absolute atomic E-state index is 0.0357. The number of anilines is 1. The van der Waals surface area contributed by atoms with E-state index in [1.807, 2.05) is 16.7 Å². The van der Waals surface area contributed by atoms with Crippen LogP contribution in [-0.2, 0) is 19.4 Å². The molecular formula is C14H16N4O. The second-order valence-corrected chi connectivity index (χ2v) is 4.76. The predicted molar refractivity (Wildman–Crippen MR) is 73.9 cm³/mol. The van der Waals surface area contributed by atoms with Crippen LogP contribution in [0.3, 0.4) is 0 Å². The average molecular weight is 256 g/mol. The van der Waals surface area contributed by atoms with Gasteiger partial charge in [0.05, 0.1) is 17.9 Å². The summed E-state index contributed by atoms with van der Waals surface area (Å²) < 4.78 is 1.82. The number of nitrogens with zero attached hydrogens (tertiary/aromatic N) is 2. The van der Waals surface area contributed by atoms with Crippen molar-refractivity contribution in [3.8, 4) is 0 Å². The second kappa shape index (κ2) is 4.85. The van der Waals surface area contributed by atoms with Gasteiger partial charge in [-0.15, -0.1) is 0 Å². The predicted octanol–water partition coefficient (Wildman–Crippen LogP) is 1.07. The van der Waals surface area contributed by atoms with Crippen LogP contribution >= 0.6 is 0 Å². The molecule has 0 aliphatic heterocycles. The quantitative estimate of drug-likeness (QED) is 0.636. The highest BCUT2D eigenvalue weighted by atomic mass is 16.1. The molecule has 19 heavy (non-hydrogen) atoms.